The Balaban J connectivity index is 1.20. The molecule has 3 heterocycles. The van der Waals surface area contributed by atoms with Gasteiger partial charge in [-0.3, -0.25) is 4.90 Å². The maximum atomic E-state index is 12.7. The Morgan fingerprint density at radius 1 is 0.900 bits per heavy atom. The summed E-state index contributed by atoms with van der Waals surface area (Å²) in [5.41, 5.74) is 2.57. The lowest BCUT2D eigenvalue weighted by atomic mass is 9.95. The van der Waals surface area contributed by atoms with Gasteiger partial charge >= 0.3 is 5.69 Å². The molecule has 2 saturated heterocycles. The number of likely N-dealkylation sites (tertiary alicyclic amines) is 1. The van der Waals surface area contributed by atoms with E-state index in [0.717, 1.165) is 38.6 Å². The number of phenols is 2. The van der Waals surface area contributed by atoms with E-state index in [0.29, 0.717) is 28.7 Å². The van der Waals surface area contributed by atoms with E-state index in [2.05, 4.69) is 50.9 Å². The van der Waals surface area contributed by atoms with Crippen LogP contribution in [0.3, 0.4) is 0 Å². The third kappa shape index (κ3) is 6.27. The monoisotopic (exact) mass is 548 g/mol. The van der Waals surface area contributed by atoms with E-state index in [4.69, 9.17) is 0 Å². The minimum atomic E-state index is -0.382. The first kappa shape index (κ1) is 28.4. The van der Waals surface area contributed by atoms with Crippen LogP contribution in [0.5, 0.6) is 11.5 Å². The van der Waals surface area contributed by atoms with Crippen LogP contribution in [-0.2, 0) is 6.54 Å². The quantitative estimate of drug-likeness (QED) is 0.391. The van der Waals surface area contributed by atoms with Crippen LogP contribution in [0.4, 0.5) is 0 Å². The third-order valence-electron chi connectivity index (χ3n) is 8.64. The maximum Gasteiger partial charge on any atom is 0.348 e. The largest absolute Gasteiger partial charge is 0.508 e. The van der Waals surface area contributed by atoms with Crippen molar-refractivity contribution in [3.63, 3.8) is 0 Å². The number of hydrogen-bond acceptors (Lipinski definition) is 7. The maximum absolute atomic E-state index is 12.7. The smallest absolute Gasteiger partial charge is 0.348 e. The van der Waals surface area contributed by atoms with Gasteiger partial charge in [-0.15, -0.1) is 0 Å². The Hall–Kier alpha value is -3.14. The molecule has 1 aromatic heterocycles. The molecule has 0 atom stereocenters. The highest BCUT2D eigenvalue weighted by Gasteiger charge is 2.25. The molecule has 2 aliphatic heterocycles. The number of aromatic nitrogens is 3. The summed E-state index contributed by atoms with van der Waals surface area (Å²) in [5, 5.41) is 27.5. The Bertz CT molecular complexity index is 1330. The van der Waals surface area contributed by atoms with Crippen LogP contribution in [0.1, 0.15) is 57.6 Å². The molecule has 0 bridgehead atoms. The lowest BCUT2D eigenvalue weighted by molar-refractivity contribution is 0.0848. The number of H-pyrrole nitrogens is 1. The predicted molar refractivity (Wildman–Crippen MR) is 158 cm³/mol. The Labute approximate surface area is 237 Å². The lowest BCUT2D eigenvalue weighted by Gasteiger charge is -2.39. The number of nitrogens with one attached hydrogen (secondary N) is 1. The number of aromatic hydroxyl groups is 2. The molecule has 9 nitrogen and oxygen atoms in total. The molecule has 0 spiro atoms. The summed E-state index contributed by atoms with van der Waals surface area (Å²) >= 11 is 0. The van der Waals surface area contributed by atoms with Crippen molar-refractivity contribution in [2.45, 2.75) is 59.0 Å². The highest BCUT2D eigenvalue weighted by molar-refractivity contribution is 5.69. The number of phenolic OH excluding ortho intramolecular Hbond substituents is 2. The topological polar surface area (TPSA) is 101 Å². The summed E-state index contributed by atoms with van der Waals surface area (Å²) in [6, 6.07) is 11.6. The number of hydrogen-bond donors (Lipinski definition) is 3. The summed E-state index contributed by atoms with van der Waals surface area (Å²) in [4.78, 5) is 20.5. The number of nitrogens with zero attached hydrogens (tertiary/aromatic N) is 5. The molecule has 3 N–H and O–H groups in total. The summed E-state index contributed by atoms with van der Waals surface area (Å²) in [5.74, 6) is 1.08. The second kappa shape index (κ2) is 12.2. The van der Waals surface area contributed by atoms with E-state index in [1.807, 2.05) is 26.0 Å². The van der Waals surface area contributed by atoms with Crippen LogP contribution in [0, 0.1) is 5.92 Å². The average Bonchev–Trinajstić information content (AvgIpc) is 3.31. The van der Waals surface area contributed by atoms with Crippen LogP contribution in [0.15, 0.2) is 41.2 Å². The van der Waals surface area contributed by atoms with Gasteiger partial charge in [0.2, 0.25) is 0 Å². The highest BCUT2D eigenvalue weighted by Crippen LogP contribution is 2.37. The van der Waals surface area contributed by atoms with E-state index in [-0.39, 0.29) is 23.1 Å². The Morgan fingerprint density at radius 2 is 1.55 bits per heavy atom. The van der Waals surface area contributed by atoms with E-state index in [9.17, 15) is 15.0 Å². The first-order valence-corrected chi connectivity index (χ1v) is 14.7. The van der Waals surface area contributed by atoms with Crippen molar-refractivity contribution in [3.8, 4) is 28.6 Å². The first-order valence-electron chi connectivity index (χ1n) is 14.7. The molecule has 5 rings (SSSR count). The molecule has 2 aromatic carbocycles. The zero-order valence-corrected chi connectivity index (χ0v) is 24.3. The zero-order chi connectivity index (χ0) is 28.4. The highest BCUT2D eigenvalue weighted by atomic mass is 16.3. The summed E-state index contributed by atoms with van der Waals surface area (Å²) < 4.78 is 1.46. The molecule has 40 heavy (non-hydrogen) atoms. The molecule has 0 radical (unpaired) electrons. The second-order valence-corrected chi connectivity index (χ2v) is 12.1. The fraction of sp³-hybridized carbons (Fsp3) is 0.548. The summed E-state index contributed by atoms with van der Waals surface area (Å²) in [6.07, 6.45) is 2.63. The molecular formula is C31H44N6O3. The summed E-state index contributed by atoms with van der Waals surface area (Å²) in [6.45, 7) is 17.5. The van der Waals surface area contributed by atoms with Crippen LogP contribution in [0.2, 0.25) is 0 Å². The van der Waals surface area contributed by atoms with Crippen molar-refractivity contribution in [1.82, 2.24) is 29.5 Å². The van der Waals surface area contributed by atoms with Gasteiger partial charge in [0, 0.05) is 51.4 Å². The third-order valence-corrected chi connectivity index (χ3v) is 8.64. The average molecular weight is 549 g/mol. The first-order chi connectivity index (χ1) is 19.2. The lowest BCUT2D eigenvalue weighted by Crippen LogP contribution is -2.48. The molecule has 0 amide bonds. The van der Waals surface area contributed by atoms with Gasteiger partial charge in [0.15, 0.2) is 5.82 Å². The van der Waals surface area contributed by atoms with Crippen LogP contribution in [0.25, 0.3) is 17.1 Å². The van der Waals surface area contributed by atoms with Gasteiger partial charge in [-0.2, -0.15) is 5.10 Å². The van der Waals surface area contributed by atoms with E-state index in [1.165, 1.54) is 48.7 Å². The van der Waals surface area contributed by atoms with Crippen LogP contribution >= 0.6 is 0 Å². The SMILES string of the molecule is CC(C)c1cc(-c2n[nH]c(=O)n2-c2ccc(CN3CCN(CC4CCN(C(C)C)CC4)CC3)cc2)c(O)cc1O. The molecule has 3 aromatic rings. The molecule has 0 saturated carbocycles. The van der Waals surface area contributed by atoms with Crippen molar-refractivity contribution in [1.29, 1.82) is 0 Å². The number of benzene rings is 2. The van der Waals surface area contributed by atoms with Gasteiger partial charge in [-0.25, -0.2) is 14.5 Å². The Morgan fingerprint density at radius 3 is 2.17 bits per heavy atom. The number of piperidine rings is 1. The number of rotatable bonds is 8. The van der Waals surface area contributed by atoms with E-state index < -0.39 is 0 Å². The molecular weight excluding hydrogens is 504 g/mol. The van der Waals surface area contributed by atoms with Gasteiger partial charge in [-0.1, -0.05) is 26.0 Å². The van der Waals surface area contributed by atoms with Crippen LogP contribution in [-0.4, -0.2) is 91.5 Å². The summed E-state index contributed by atoms with van der Waals surface area (Å²) in [7, 11) is 0. The van der Waals surface area contributed by atoms with Crippen molar-refractivity contribution >= 4 is 0 Å². The Kier molecular flexibility index (Phi) is 8.63. The fourth-order valence-electron chi connectivity index (χ4n) is 6.11. The molecule has 9 heteroatoms. The van der Waals surface area contributed by atoms with Gasteiger partial charge in [0.05, 0.1) is 11.3 Å². The molecule has 0 unspecified atom stereocenters. The molecule has 216 valence electrons. The zero-order valence-electron chi connectivity index (χ0n) is 24.3. The van der Waals surface area contributed by atoms with E-state index >= 15 is 0 Å². The number of piperazine rings is 1. The normalized spacial score (nSPS) is 18.2. The number of aromatic amines is 1. The van der Waals surface area contributed by atoms with Crippen molar-refractivity contribution in [2.75, 3.05) is 45.8 Å². The standard InChI is InChI=1S/C31H44N6O3/c1-21(2)26-17-27(29(39)18-28(26)38)30-32-33-31(40)37(30)25-7-5-23(6-8-25)19-34-13-15-35(16-14-34)20-24-9-11-36(12-10-24)22(3)4/h5-8,17-18,21-22,24,38-39H,9-16,19-20H2,1-4H3,(H,33,40). The van der Waals surface area contributed by atoms with Crippen molar-refractivity contribution < 1.29 is 10.2 Å². The van der Waals surface area contributed by atoms with Gasteiger partial charge in [-0.05, 0) is 80.9 Å². The van der Waals surface area contributed by atoms with Crippen molar-refractivity contribution in [3.05, 3.63) is 58.0 Å². The molecule has 0 aliphatic carbocycles. The van der Waals surface area contributed by atoms with Gasteiger partial charge < -0.3 is 20.0 Å². The van der Waals surface area contributed by atoms with E-state index in [1.54, 1.807) is 6.07 Å². The molecule has 2 fully saturated rings. The second-order valence-electron chi connectivity index (χ2n) is 12.1. The minimum Gasteiger partial charge on any atom is -0.508 e. The van der Waals surface area contributed by atoms with Crippen molar-refractivity contribution in [2.24, 2.45) is 5.92 Å². The van der Waals surface area contributed by atoms with Gasteiger partial charge in [0.25, 0.3) is 0 Å². The fourth-order valence-corrected chi connectivity index (χ4v) is 6.11. The predicted octanol–water partition coefficient (Wildman–Crippen LogP) is 4.00. The minimum absolute atomic E-state index is 0.0258. The van der Waals surface area contributed by atoms with Gasteiger partial charge in [0.1, 0.15) is 11.5 Å². The van der Waals surface area contributed by atoms with Crippen LogP contribution < -0.4 is 5.69 Å². The molecule has 2 aliphatic rings.